The van der Waals surface area contributed by atoms with Crippen LogP contribution >= 0.6 is 0 Å². The summed E-state index contributed by atoms with van der Waals surface area (Å²) in [6, 6.07) is 9.65. The molecule has 4 nitrogen and oxygen atoms in total. The summed E-state index contributed by atoms with van der Waals surface area (Å²) in [5.41, 5.74) is 6.71. The summed E-state index contributed by atoms with van der Waals surface area (Å²) in [7, 11) is 0. The molecular formula is C14H12F2N2O2. The molecule has 0 saturated heterocycles. The molecule has 0 fully saturated rings. The highest BCUT2D eigenvalue weighted by Crippen LogP contribution is 2.19. The minimum atomic E-state index is -0.625. The lowest BCUT2D eigenvalue weighted by molar-refractivity contribution is 0.288. The van der Waals surface area contributed by atoms with E-state index in [-0.39, 0.29) is 18.2 Å². The van der Waals surface area contributed by atoms with Crippen molar-refractivity contribution in [3.63, 3.8) is 0 Å². The first-order valence-electron chi connectivity index (χ1n) is 5.75. The molecule has 0 aliphatic rings. The Balaban J connectivity index is 2.06. The molecule has 0 saturated carbocycles. The molecular weight excluding hydrogens is 266 g/mol. The number of hydrogen-bond donors (Lipinski definition) is 2. The number of benzene rings is 2. The Bertz CT molecular complexity index is 628. The molecule has 2 aromatic carbocycles. The Morgan fingerprint density at radius 1 is 1.15 bits per heavy atom. The van der Waals surface area contributed by atoms with Gasteiger partial charge in [0.15, 0.2) is 17.4 Å². The molecule has 3 N–H and O–H groups in total. The number of halogens is 2. The summed E-state index contributed by atoms with van der Waals surface area (Å²) < 4.78 is 31.5. The fourth-order valence-electron chi connectivity index (χ4n) is 1.58. The second-order valence-corrected chi connectivity index (χ2v) is 4.05. The van der Waals surface area contributed by atoms with Crippen molar-refractivity contribution in [2.24, 2.45) is 10.9 Å². The predicted octanol–water partition coefficient (Wildman–Crippen LogP) is 2.64. The minimum absolute atomic E-state index is 0.00589. The van der Waals surface area contributed by atoms with Crippen LogP contribution < -0.4 is 10.5 Å². The first kappa shape index (κ1) is 13.8. The van der Waals surface area contributed by atoms with Crippen LogP contribution in [0.4, 0.5) is 8.78 Å². The second-order valence-electron chi connectivity index (χ2n) is 4.05. The Morgan fingerprint density at radius 3 is 2.50 bits per heavy atom. The summed E-state index contributed by atoms with van der Waals surface area (Å²) in [6.07, 6.45) is 0. The first-order chi connectivity index (χ1) is 9.60. The number of ether oxygens (including phenoxy) is 1. The Kier molecular flexibility index (Phi) is 4.14. The molecule has 2 aromatic rings. The standard InChI is InChI=1S/C14H12F2N2O2/c15-11-5-6-12(16)13(7-11)20-8-9-1-3-10(4-2-9)14(17)18-19/h1-7,19H,8H2,(H2,17,18). The van der Waals surface area contributed by atoms with Crippen molar-refractivity contribution in [2.75, 3.05) is 0 Å². The lowest BCUT2D eigenvalue weighted by atomic mass is 10.1. The molecule has 0 amide bonds. The molecule has 2 rings (SSSR count). The van der Waals surface area contributed by atoms with E-state index in [2.05, 4.69) is 5.16 Å². The van der Waals surface area contributed by atoms with E-state index < -0.39 is 11.6 Å². The average Bonchev–Trinajstić information content (AvgIpc) is 2.48. The number of oxime groups is 1. The molecule has 0 aromatic heterocycles. The third kappa shape index (κ3) is 3.23. The molecule has 20 heavy (non-hydrogen) atoms. The van der Waals surface area contributed by atoms with Crippen LogP contribution in [-0.2, 0) is 6.61 Å². The van der Waals surface area contributed by atoms with Gasteiger partial charge in [-0.15, -0.1) is 0 Å². The number of amidine groups is 1. The van der Waals surface area contributed by atoms with E-state index in [9.17, 15) is 8.78 Å². The van der Waals surface area contributed by atoms with Crippen molar-refractivity contribution >= 4 is 5.84 Å². The molecule has 0 heterocycles. The van der Waals surface area contributed by atoms with Crippen molar-refractivity contribution in [3.05, 3.63) is 65.2 Å². The van der Waals surface area contributed by atoms with E-state index in [0.29, 0.717) is 5.56 Å². The van der Waals surface area contributed by atoms with Crippen molar-refractivity contribution in [1.82, 2.24) is 0 Å². The van der Waals surface area contributed by atoms with Gasteiger partial charge in [-0.1, -0.05) is 29.4 Å². The smallest absolute Gasteiger partial charge is 0.170 e. The van der Waals surface area contributed by atoms with Crippen LogP contribution in [0.15, 0.2) is 47.6 Å². The molecule has 0 bridgehead atoms. The van der Waals surface area contributed by atoms with E-state index in [1.54, 1.807) is 24.3 Å². The van der Waals surface area contributed by atoms with E-state index in [1.165, 1.54) is 0 Å². The van der Waals surface area contributed by atoms with Crippen LogP contribution in [0.2, 0.25) is 0 Å². The average molecular weight is 278 g/mol. The van der Waals surface area contributed by atoms with Gasteiger partial charge in [0.2, 0.25) is 0 Å². The molecule has 0 aliphatic heterocycles. The summed E-state index contributed by atoms with van der Waals surface area (Å²) in [5.74, 6) is -1.34. The van der Waals surface area contributed by atoms with E-state index >= 15 is 0 Å². The Morgan fingerprint density at radius 2 is 1.85 bits per heavy atom. The molecule has 6 heteroatoms. The number of nitrogens with two attached hydrogens (primary N) is 1. The van der Waals surface area contributed by atoms with E-state index in [4.69, 9.17) is 15.7 Å². The van der Waals surface area contributed by atoms with Crippen LogP contribution in [0.5, 0.6) is 5.75 Å². The van der Waals surface area contributed by atoms with Crippen molar-refractivity contribution in [1.29, 1.82) is 0 Å². The monoisotopic (exact) mass is 278 g/mol. The van der Waals surface area contributed by atoms with Gasteiger partial charge in [0.1, 0.15) is 12.4 Å². The van der Waals surface area contributed by atoms with Crippen LogP contribution in [0.3, 0.4) is 0 Å². The van der Waals surface area contributed by atoms with Gasteiger partial charge in [0.25, 0.3) is 0 Å². The zero-order valence-electron chi connectivity index (χ0n) is 10.4. The van der Waals surface area contributed by atoms with Crippen LogP contribution in [0, 0.1) is 11.6 Å². The molecule has 0 aliphatic carbocycles. The molecule has 104 valence electrons. The minimum Gasteiger partial charge on any atom is -0.486 e. The van der Waals surface area contributed by atoms with Gasteiger partial charge < -0.3 is 15.7 Å². The van der Waals surface area contributed by atoms with Crippen LogP contribution in [-0.4, -0.2) is 11.0 Å². The normalized spacial score (nSPS) is 11.4. The number of nitrogens with zero attached hydrogens (tertiary/aromatic N) is 1. The maximum absolute atomic E-state index is 13.3. The second kappa shape index (κ2) is 6.01. The summed E-state index contributed by atoms with van der Waals surface area (Å²) in [6.45, 7) is 0.0802. The number of hydrogen-bond acceptors (Lipinski definition) is 3. The summed E-state index contributed by atoms with van der Waals surface area (Å²) in [4.78, 5) is 0. The SMILES string of the molecule is NC(=NO)c1ccc(COc2cc(F)ccc2F)cc1. The topological polar surface area (TPSA) is 67.8 Å². The van der Waals surface area contributed by atoms with Gasteiger partial charge in [-0.3, -0.25) is 0 Å². The lowest BCUT2D eigenvalue weighted by Crippen LogP contribution is -2.12. The van der Waals surface area contributed by atoms with Gasteiger partial charge in [0.05, 0.1) is 0 Å². The van der Waals surface area contributed by atoms with Gasteiger partial charge in [0, 0.05) is 11.6 Å². The third-order valence-corrected chi connectivity index (χ3v) is 2.65. The van der Waals surface area contributed by atoms with Crippen molar-refractivity contribution in [3.8, 4) is 5.75 Å². The van der Waals surface area contributed by atoms with Gasteiger partial charge in [-0.2, -0.15) is 0 Å². The van der Waals surface area contributed by atoms with Gasteiger partial charge >= 0.3 is 0 Å². The maximum Gasteiger partial charge on any atom is 0.170 e. The summed E-state index contributed by atoms with van der Waals surface area (Å²) >= 11 is 0. The highest BCUT2D eigenvalue weighted by atomic mass is 19.1. The maximum atomic E-state index is 13.3. The van der Waals surface area contributed by atoms with Crippen molar-refractivity contribution < 1.29 is 18.7 Å². The fraction of sp³-hybridized carbons (Fsp3) is 0.0714. The molecule has 0 radical (unpaired) electrons. The highest BCUT2D eigenvalue weighted by Gasteiger charge is 2.05. The van der Waals surface area contributed by atoms with Crippen LogP contribution in [0.1, 0.15) is 11.1 Å². The molecule has 0 spiro atoms. The van der Waals surface area contributed by atoms with Crippen molar-refractivity contribution in [2.45, 2.75) is 6.61 Å². The quantitative estimate of drug-likeness (QED) is 0.391. The molecule has 0 unspecified atom stereocenters. The summed E-state index contributed by atoms with van der Waals surface area (Å²) in [5, 5.41) is 11.4. The zero-order valence-corrected chi connectivity index (χ0v) is 10.4. The highest BCUT2D eigenvalue weighted by molar-refractivity contribution is 5.96. The van der Waals surface area contributed by atoms with E-state index in [0.717, 1.165) is 23.8 Å². The van der Waals surface area contributed by atoms with Crippen LogP contribution in [0.25, 0.3) is 0 Å². The first-order valence-corrected chi connectivity index (χ1v) is 5.75. The fourth-order valence-corrected chi connectivity index (χ4v) is 1.58. The zero-order chi connectivity index (χ0) is 14.5. The Labute approximate surface area is 114 Å². The third-order valence-electron chi connectivity index (χ3n) is 2.65. The largest absolute Gasteiger partial charge is 0.486 e. The number of rotatable bonds is 4. The lowest BCUT2D eigenvalue weighted by Gasteiger charge is -2.08. The molecule has 0 atom stereocenters. The van der Waals surface area contributed by atoms with Gasteiger partial charge in [-0.25, -0.2) is 8.78 Å². The Hall–Kier alpha value is -2.63. The predicted molar refractivity (Wildman–Crippen MR) is 69.6 cm³/mol. The van der Waals surface area contributed by atoms with E-state index in [1.807, 2.05) is 0 Å². The van der Waals surface area contributed by atoms with Gasteiger partial charge in [-0.05, 0) is 17.7 Å².